The van der Waals surface area contributed by atoms with Crippen molar-refractivity contribution >= 4 is 21.4 Å². The van der Waals surface area contributed by atoms with Crippen LogP contribution >= 0.6 is 11.6 Å². The minimum atomic E-state index is -3.51. The fourth-order valence-electron chi connectivity index (χ4n) is 1.54. The maximum Gasteiger partial charge on any atom is 0.184 e. The Morgan fingerprint density at radius 3 is 2.44 bits per heavy atom. The van der Waals surface area contributed by atoms with E-state index < -0.39 is 20.6 Å². The van der Waals surface area contributed by atoms with Crippen LogP contribution in [-0.2, 0) is 9.84 Å². The second kappa shape index (κ2) is 3.45. The Bertz CT molecular complexity index is 561. The third-order valence-electron chi connectivity index (χ3n) is 2.66. The molecule has 1 aromatic rings. The number of benzene rings is 1. The second-order valence-electron chi connectivity index (χ2n) is 3.84. The molecule has 2 N–H and O–H groups in total. The van der Waals surface area contributed by atoms with E-state index in [9.17, 15) is 8.42 Å². The molecule has 0 aromatic heterocycles. The molecule has 0 radical (unpaired) electrons. The zero-order chi connectivity index (χ0) is 12.0. The van der Waals surface area contributed by atoms with Crippen LogP contribution in [0.15, 0.2) is 29.2 Å². The van der Waals surface area contributed by atoms with Crippen LogP contribution in [0.2, 0.25) is 5.02 Å². The lowest BCUT2D eigenvalue weighted by Gasteiger charge is -2.04. The highest BCUT2D eigenvalue weighted by Crippen LogP contribution is 2.42. The van der Waals surface area contributed by atoms with Gasteiger partial charge in [-0.15, -0.1) is 0 Å². The lowest BCUT2D eigenvalue weighted by Crippen LogP contribution is -2.28. The Balaban J connectivity index is 2.36. The largest absolute Gasteiger partial charge is 0.312 e. The van der Waals surface area contributed by atoms with Crippen molar-refractivity contribution in [3.63, 3.8) is 0 Å². The van der Waals surface area contributed by atoms with Gasteiger partial charge in [0.15, 0.2) is 9.84 Å². The average molecular weight is 257 g/mol. The van der Waals surface area contributed by atoms with E-state index in [-0.39, 0.29) is 11.3 Å². The van der Waals surface area contributed by atoms with Crippen LogP contribution in [0.25, 0.3) is 0 Å². The van der Waals surface area contributed by atoms with Gasteiger partial charge >= 0.3 is 0 Å². The number of nitriles is 1. The number of nitrogens with two attached hydrogens (primary N) is 1. The van der Waals surface area contributed by atoms with E-state index in [1.165, 1.54) is 24.3 Å². The first kappa shape index (κ1) is 11.4. The molecule has 16 heavy (non-hydrogen) atoms. The number of hydrogen-bond acceptors (Lipinski definition) is 4. The summed E-state index contributed by atoms with van der Waals surface area (Å²) in [5.41, 5.74) is 4.35. The first-order valence-corrected chi connectivity index (χ1v) is 6.52. The van der Waals surface area contributed by atoms with Gasteiger partial charge in [0.1, 0.15) is 10.8 Å². The fraction of sp³-hybridized carbons (Fsp3) is 0.300. The summed E-state index contributed by atoms with van der Waals surface area (Å²) in [5, 5.41) is 8.40. The molecule has 2 atom stereocenters. The molecule has 1 fully saturated rings. The average Bonchev–Trinajstić information content (AvgIpc) is 2.93. The lowest BCUT2D eigenvalue weighted by molar-refractivity contribution is 0.592. The van der Waals surface area contributed by atoms with Gasteiger partial charge in [-0.3, -0.25) is 0 Å². The van der Waals surface area contributed by atoms with Crippen LogP contribution < -0.4 is 5.73 Å². The van der Waals surface area contributed by atoms with Crippen molar-refractivity contribution in [1.29, 1.82) is 5.26 Å². The minimum Gasteiger partial charge on any atom is -0.312 e. The molecule has 1 aliphatic carbocycles. The van der Waals surface area contributed by atoms with E-state index in [0.717, 1.165) is 0 Å². The van der Waals surface area contributed by atoms with Crippen molar-refractivity contribution in [1.82, 2.24) is 0 Å². The third kappa shape index (κ3) is 1.69. The van der Waals surface area contributed by atoms with Gasteiger partial charge in [-0.05, 0) is 30.7 Å². The molecule has 0 unspecified atom stereocenters. The van der Waals surface area contributed by atoms with Crippen LogP contribution in [0.1, 0.15) is 6.42 Å². The van der Waals surface area contributed by atoms with Crippen molar-refractivity contribution in [3.8, 4) is 6.07 Å². The van der Waals surface area contributed by atoms with Crippen molar-refractivity contribution in [2.75, 3.05) is 0 Å². The molecule has 0 bridgehead atoms. The molecule has 0 aliphatic heterocycles. The van der Waals surface area contributed by atoms with Gasteiger partial charge in [-0.2, -0.15) is 5.26 Å². The highest BCUT2D eigenvalue weighted by molar-refractivity contribution is 7.92. The van der Waals surface area contributed by atoms with Gasteiger partial charge in [-0.1, -0.05) is 11.6 Å². The number of halogens is 1. The van der Waals surface area contributed by atoms with Crippen LogP contribution in [-0.4, -0.2) is 19.2 Å². The summed E-state index contributed by atoms with van der Waals surface area (Å²) < 4.78 is 24.0. The predicted molar refractivity (Wildman–Crippen MR) is 59.6 cm³/mol. The molecule has 0 heterocycles. The molecule has 1 saturated carbocycles. The maximum absolute atomic E-state index is 12.0. The van der Waals surface area contributed by atoms with E-state index in [2.05, 4.69) is 0 Å². The zero-order valence-electron chi connectivity index (χ0n) is 8.22. The smallest absolute Gasteiger partial charge is 0.184 e. The molecular weight excluding hydrogens is 248 g/mol. The summed E-state index contributed by atoms with van der Waals surface area (Å²) in [7, 11) is -3.51. The Morgan fingerprint density at radius 1 is 1.44 bits per heavy atom. The van der Waals surface area contributed by atoms with Gasteiger partial charge < -0.3 is 5.73 Å². The van der Waals surface area contributed by atoms with Crippen LogP contribution in [0.4, 0.5) is 0 Å². The Kier molecular flexibility index (Phi) is 2.46. The summed E-state index contributed by atoms with van der Waals surface area (Å²) in [5.74, 6) is 0. The number of sulfone groups is 1. The Hall–Kier alpha value is -1.09. The summed E-state index contributed by atoms with van der Waals surface area (Å²) in [6, 6.07) is 7.68. The fourth-order valence-corrected chi connectivity index (χ4v) is 3.61. The Morgan fingerprint density at radius 2 is 2.00 bits per heavy atom. The van der Waals surface area contributed by atoms with E-state index in [1.807, 2.05) is 6.07 Å². The van der Waals surface area contributed by atoms with E-state index in [4.69, 9.17) is 22.6 Å². The molecular formula is C10H9ClN2O2S. The maximum atomic E-state index is 12.0. The minimum absolute atomic E-state index is 0.157. The number of nitrogens with zero attached hydrogens (tertiary/aromatic N) is 1. The SMILES string of the molecule is N#C[C@@]1(N)C[C@H]1S(=O)(=O)c1ccc(Cl)cc1. The molecule has 0 amide bonds. The molecule has 4 nitrogen and oxygen atoms in total. The molecule has 0 spiro atoms. The zero-order valence-corrected chi connectivity index (χ0v) is 9.79. The van der Waals surface area contributed by atoms with Gasteiger partial charge in [0.25, 0.3) is 0 Å². The van der Waals surface area contributed by atoms with E-state index in [1.54, 1.807) is 0 Å². The summed E-state index contributed by atoms with van der Waals surface area (Å²) in [4.78, 5) is 0.157. The quantitative estimate of drug-likeness (QED) is 0.859. The van der Waals surface area contributed by atoms with Gasteiger partial charge in [-0.25, -0.2) is 8.42 Å². The van der Waals surface area contributed by atoms with E-state index in [0.29, 0.717) is 5.02 Å². The van der Waals surface area contributed by atoms with Crippen LogP contribution in [0.5, 0.6) is 0 Å². The standard InChI is InChI=1S/C10H9ClN2O2S/c11-7-1-3-8(4-2-7)16(14,15)9-5-10(9,13)6-12/h1-4,9H,5,13H2/t9-,10+/m1/s1. The van der Waals surface area contributed by atoms with Crippen LogP contribution in [0, 0.1) is 11.3 Å². The molecule has 0 saturated heterocycles. The highest BCUT2D eigenvalue weighted by atomic mass is 35.5. The van der Waals surface area contributed by atoms with Crippen molar-refractivity contribution < 1.29 is 8.42 Å². The van der Waals surface area contributed by atoms with Gasteiger partial charge in [0, 0.05) is 5.02 Å². The van der Waals surface area contributed by atoms with Crippen molar-refractivity contribution in [3.05, 3.63) is 29.3 Å². The molecule has 1 aliphatic rings. The summed E-state index contributed by atoms with van der Waals surface area (Å²) in [6.07, 6.45) is 0.189. The molecule has 6 heteroatoms. The number of rotatable bonds is 2. The number of hydrogen-bond donors (Lipinski definition) is 1. The molecule has 2 rings (SSSR count). The van der Waals surface area contributed by atoms with Crippen LogP contribution in [0.3, 0.4) is 0 Å². The first-order valence-electron chi connectivity index (χ1n) is 4.60. The summed E-state index contributed by atoms with van der Waals surface area (Å²) >= 11 is 5.67. The molecule has 1 aromatic carbocycles. The molecule has 84 valence electrons. The third-order valence-corrected chi connectivity index (χ3v) is 5.18. The highest BCUT2D eigenvalue weighted by Gasteiger charge is 2.60. The predicted octanol–water partition coefficient (Wildman–Crippen LogP) is 1.11. The second-order valence-corrected chi connectivity index (χ2v) is 6.41. The normalized spacial score (nSPS) is 28.4. The van der Waals surface area contributed by atoms with Gasteiger partial charge in [0.05, 0.1) is 11.0 Å². The lowest BCUT2D eigenvalue weighted by atomic mass is 10.3. The van der Waals surface area contributed by atoms with Gasteiger partial charge in [0.2, 0.25) is 0 Å². The monoisotopic (exact) mass is 256 g/mol. The topological polar surface area (TPSA) is 83.9 Å². The van der Waals surface area contributed by atoms with Crippen molar-refractivity contribution in [2.45, 2.75) is 22.1 Å². The summed E-state index contributed by atoms with van der Waals surface area (Å²) in [6.45, 7) is 0. The van der Waals surface area contributed by atoms with E-state index >= 15 is 0 Å². The van der Waals surface area contributed by atoms with Crippen molar-refractivity contribution in [2.24, 2.45) is 5.73 Å². The first-order chi connectivity index (χ1) is 7.40. The Labute approximate surface area is 98.5 Å².